The second-order valence-corrected chi connectivity index (χ2v) is 3.00. The van der Waals surface area contributed by atoms with Gasteiger partial charge >= 0.3 is 0 Å². The van der Waals surface area contributed by atoms with Crippen molar-refractivity contribution in [2.24, 2.45) is 0 Å². The zero-order valence-corrected chi connectivity index (χ0v) is 8.99. The number of hydrogen-bond donors (Lipinski definition) is 1. The Hall–Kier alpha value is -1.77. The Balaban J connectivity index is 2.67. The first kappa shape index (κ1) is 11.3. The van der Waals surface area contributed by atoms with Gasteiger partial charge in [0.2, 0.25) is 5.91 Å². The van der Waals surface area contributed by atoms with E-state index in [1.54, 1.807) is 13.2 Å². The molecule has 1 rings (SSSR count). The lowest BCUT2D eigenvalue weighted by Crippen LogP contribution is -2.19. The molecule has 15 heavy (non-hydrogen) atoms. The van der Waals surface area contributed by atoms with Crippen LogP contribution in [0, 0.1) is 0 Å². The van der Waals surface area contributed by atoms with Gasteiger partial charge in [0.1, 0.15) is 5.75 Å². The van der Waals surface area contributed by atoms with E-state index in [1.165, 1.54) is 6.08 Å². The van der Waals surface area contributed by atoms with Crippen LogP contribution in [-0.4, -0.2) is 19.6 Å². The Labute approximate surface area is 89.8 Å². The van der Waals surface area contributed by atoms with Gasteiger partial charge in [-0.3, -0.25) is 4.79 Å². The maximum atomic E-state index is 11.1. The minimum absolute atomic E-state index is 0.0830. The van der Waals surface area contributed by atoms with E-state index in [0.29, 0.717) is 6.54 Å². The minimum Gasteiger partial charge on any atom is -0.497 e. The predicted molar refractivity (Wildman–Crippen MR) is 60.7 cm³/mol. The zero-order valence-electron chi connectivity index (χ0n) is 8.99. The van der Waals surface area contributed by atoms with Crippen molar-refractivity contribution in [3.05, 3.63) is 35.9 Å². The summed E-state index contributed by atoms with van der Waals surface area (Å²) in [6.45, 7) is 2.53. The second-order valence-electron chi connectivity index (χ2n) is 3.00. The SMILES string of the molecule is CCNC(=O)C=Cc1cccc(OC)c1. The molecule has 3 heteroatoms. The number of methoxy groups -OCH3 is 1. The van der Waals surface area contributed by atoms with Crippen LogP contribution in [0.3, 0.4) is 0 Å². The smallest absolute Gasteiger partial charge is 0.243 e. The Morgan fingerprint density at radius 3 is 3.00 bits per heavy atom. The molecule has 1 N–H and O–H groups in total. The molecule has 0 radical (unpaired) electrons. The van der Waals surface area contributed by atoms with Crippen molar-refractivity contribution in [2.75, 3.05) is 13.7 Å². The average Bonchev–Trinajstić information content (AvgIpc) is 2.27. The van der Waals surface area contributed by atoms with Gasteiger partial charge in [0, 0.05) is 12.6 Å². The van der Waals surface area contributed by atoms with Crippen molar-refractivity contribution in [2.45, 2.75) is 6.92 Å². The summed E-state index contributed by atoms with van der Waals surface area (Å²) >= 11 is 0. The topological polar surface area (TPSA) is 38.3 Å². The number of carbonyl (C=O) groups is 1. The van der Waals surface area contributed by atoms with Crippen molar-refractivity contribution >= 4 is 12.0 Å². The number of rotatable bonds is 4. The molecule has 1 aromatic rings. The summed E-state index contributed by atoms with van der Waals surface area (Å²) in [4.78, 5) is 11.1. The van der Waals surface area contributed by atoms with Gasteiger partial charge in [-0.1, -0.05) is 12.1 Å². The summed E-state index contributed by atoms with van der Waals surface area (Å²) < 4.78 is 5.07. The standard InChI is InChI=1S/C12H15NO2/c1-3-13-12(14)8-7-10-5-4-6-11(9-10)15-2/h4-9H,3H2,1-2H3,(H,13,14). The first-order valence-corrected chi connectivity index (χ1v) is 4.86. The lowest BCUT2D eigenvalue weighted by molar-refractivity contribution is -0.116. The molecule has 0 atom stereocenters. The molecule has 0 saturated heterocycles. The Morgan fingerprint density at radius 2 is 2.33 bits per heavy atom. The van der Waals surface area contributed by atoms with Gasteiger partial charge in [-0.2, -0.15) is 0 Å². The molecule has 0 aliphatic rings. The number of likely N-dealkylation sites (N-methyl/N-ethyl adjacent to an activating group) is 1. The molecule has 0 saturated carbocycles. The zero-order chi connectivity index (χ0) is 11.1. The highest BCUT2D eigenvalue weighted by Gasteiger charge is 1.93. The van der Waals surface area contributed by atoms with Gasteiger partial charge in [0.15, 0.2) is 0 Å². The van der Waals surface area contributed by atoms with Crippen LogP contribution in [0.4, 0.5) is 0 Å². The molecule has 0 aromatic heterocycles. The maximum Gasteiger partial charge on any atom is 0.243 e. The first-order chi connectivity index (χ1) is 7.26. The molecule has 0 heterocycles. The molecule has 1 aromatic carbocycles. The van der Waals surface area contributed by atoms with Crippen LogP contribution in [0.5, 0.6) is 5.75 Å². The van der Waals surface area contributed by atoms with Crippen molar-refractivity contribution < 1.29 is 9.53 Å². The van der Waals surface area contributed by atoms with Crippen LogP contribution < -0.4 is 10.1 Å². The van der Waals surface area contributed by atoms with Gasteiger partial charge in [-0.15, -0.1) is 0 Å². The molecule has 3 nitrogen and oxygen atoms in total. The number of amides is 1. The molecule has 0 aliphatic heterocycles. The largest absolute Gasteiger partial charge is 0.497 e. The van der Waals surface area contributed by atoms with Crippen molar-refractivity contribution in [1.82, 2.24) is 5.32 Å². The monoisotopic (exact) mass is 205 g/mol. The van der Waals surface area contributed by atoms with E-state index in [4.69, 9.17) is 4.74 Å². The Bertz CT molecular complexity index is 358. The van der Waals surface area contributed by atoms with Gasteiger partial charge in [-0.25, -0.2) is 0 Å². The fourth-order valence-corrected chi connectivity index (χ4v) is 1.15. The fourth-order valence-electron chi connectivity index (χ4n) is 1.15. The maximum absolute atomic E-state index is 11.1. The van der Waals surface area contributed by atoms with Crippen LogP contribution in [0.2, 0.25) is 0 Å². The van der Waals surface area contributed by atoms with Gasteiger partial charge < -0.3 is 10.1 Å². The molecule has 0 unspecified atom stereocenters. The molecule has 0 bridgehead atoms. The highest BCUT2D eigenvalue weighted by Crippen LogP contribution is 2.13. The van der Waals surface area contributed by atoms with E-state index >= 15 is 0 Å². The van der Waals surface area contributed by atoms with Gasteiger partial charge in [0.25, 0.3) is 0 Å². The number of carbonyl (C=O) groups excluding carboxylic acids is 1. The summed E-state index contributed by atoms with van der Waals surface area (Å²) in [6.07, 6.45) is 3.27. The summed E-state index contributed by atoms with van der Waals surface area (Å²) in [6, 6.07) is 7.54. The molecule has 1 amide bonds. The lowest BCUT2D eigenvalue weighted by Gasteiger charge is -2.00. The molecule has 0 spiro atoms. The summed E-state index contributed by atoms with van der Waals surface area (Å²) in [5.41, 5.74) is 0.945. The van der Waals surface area contributed by atoms with Gasteiger partial charge in [0.05, 0.1) is 7.11 Å². The van der Waals surface area contributed by atoms with E-state index in [1.807, 2.05) is 31.2 Å². The summed E-state index contributed by atoms with van der Waals surface area (Å²) in [5, 5.41) is 2.69. The van der Waals surface area contributed by atoms with Crippen molar-refractivity contribution in [3.8, 4) is 5.75 Å². The number of nitrogens with one attached hydrogen (secondary N) is 1. The highest BCUT2D eigenvalue weighted by atomic mass is 16.5. The van der Waals surface area contributed by atoms with Gasteiger partial charge in [-0.05, 0) is 30.7 Å². The molecular weight excluding hydrogens is 190 g/mol. The van der Waals surface area contributed by atoms with Crippen LogP contribution >= 0.6 is 0 Å². The third-order valence-corrected chi connectivity index (χ3v) is 1.87. The third-order valence-electron chi connectivity index (χ3n) is 1.87. The van der Waals surface area contributed by atoms with Crippen LogP contribution in [0.1, 0.15) is 12.5 Å². The highest BCUT2D eigenvalue weighted by molar-refractivity contribution is 5.91. The summed E-state index contributed by atoms with van der Waals surface area (Å²) in [7, 11) is 1.62. The quantitative estimate of drug-likeness (QED) is 0.762. The van der Waals surface area contributed by atoms with Crippen LogP contribution in [0.25, 0.3) is 6.08 Å². The van der Waals surface area contributed by atoms with Crippen molar-refractivity contribution in [1.29, 1.82) is 0 Å². The number of hydrogen-bond acceptors (Lipinski definition) is 2. The number of ether oxygens (including phenoxy) is 1. The van der Waals surface area contributed by atoms with E-state index in [-0.39, 0.29) is 5.91 Å². The third kappa shape index (κ3) is 3.85. The normalized spacial score (nSPS) is 10.3. The molecule has 0 fully saturated rings. The first-order valence-electron chi connectivity index (χ1n) is 4.86. The number of benzene rings is 1. The minimum atomic E-state index is -0.0830. The average molecular weight is 205 g/mol. The van der Waals surface area contributed by atoms with E-state index in [0.717, 1.165) is 11.3 Å². The van der Waals surface area contributed by atoms with E-state index < -0.39 is 0 Å². The second kappa shape index (κ2) is 5.86. The van der Waals surface area contributed by atoms with E-state index in [2.05, 4.69) is 5.32 Å². The molecule has 80 valence electrons. The van der Waals surface area contributed by atoms with Crippen molar-refractivity contribution in [3.63, 3.8) is 0 Å². The van der Waals surface area contributed by atoms with E-state index in [9.17, 15) is 4.79 Å². The lowest BCUT2D eigenvalue weighted by atomic mass is 10.2. The fraction of sp³-hybridized carbons (Fsp3) is 0.250. The summed E-state index contributed by atoms with van der Waals surface area (Å²) in [5.74, 6) is 0.702. The van der Waals surface area contributed by atoms with Crippen LogP contribution in [-0.2, 0) is 4.79 Å². The Morgan fingerprint density at radius 1 is 1.53 bits per heavy atom. The van der Waals surface area contributed by atoms with Crippen LogP contribution in [0.15, 0.2) is 30.3 Å². The Kier molecular flexibility index (Phi) is 4.41. The predicted octanol–water partition coefficient (Wildman–Crippen LogP) is 1.84. The molecular formula is C12H15NO2. The molecule has 0 aliphatic carbocycles.